The number of hydrogen-bond acceptors (Lipinski definition) is 7. The third-order valence-electron chi connectivity index (χ3n) is 3.86. The van der Waals surface area contributed by atoms with Crippen LogP contribution >= 0.6 is 11.3 Å². The number of rotatable bonds is 7. The molecule has 0 radical (unpaired) electrons. The molecule has 0 bridgehead atoms. The summed E-state index contributed by atoms with van der Waals surface area (Å²) in [5.41, 5.74) is 1.40. The highest BCUT2D eigenvalue weighted by Gasteiger charge is 2.17. The van der Waals surface area contributed by atoms with Crippen molar-refractivity contribution in [2.75, 3.05) is 6.54 Å². The van der Waals surface area contributed by atoms with Gasteiger partial charge in [0.1, 0.15) is 22.9 Å². The molecule has 0 fully saturated rings. The first kappa shape index (κ1) is 19.3. The number of ether oxygens (including phenoxy) is 1. The van der Waals surface area contributed by atoms with Crippen LogP contribution in [0.25, 0.3) is 11.0 Å². The number of carbonyl (C=O) groups excluding carboxylic acids is 1. The highest BCUT2D eigenvalue weighted by atomic mass is 32.2. The van der Waals surface area contributed by atoms with Crippen molar-refractivity contribution in [1.29, 1.82) is 0 Å². The van der Waals surface area contributed by atoms with Gasteiger partial charge >= 0.3 is 11.6 Å². The number of benzene rings is 1. The first-order valence-corrected chi connectivity index (χ1v) is 10.5. The predicted octanol–water partition coefficient (Wildman–Crippen LogP) is 2.44. The fraction of sp³-hybridized carbons (Fsp3) is 0.222. The molecule has 9 heteroatoms. The lowest BCUT2D eigenvalue weighted by atomic mass is 10.1. The second-order valence-corrected chi connectivity index (χ2v) is 8.63. The smallest absolute Gasteiger partial charge is 0.336 e. The Morgan fingerprint density at radius 2 is 2.07 bits per heavy atom. The zero-order chi connectivity index (χ0) is 19.4. The Labute approximate surface area is 159 Å². The molecule has 0 atom stereocenters. The lowest BCUT2D eigenvalue weighted by molar-refractivity contribution is -0.143. The van der Waals surface area contributed by atoms with Crippen molar-refractivity contribution in [2.45, 2.75) is 24.2 Å². The van der Waals surface area contributed by atoms with Crippen molar-refractivity contribution in [2.24, 2.45) is 0 Å². The number of esters is 1. The van der Waals surface area contributed by atoms with Crippen molar-refractivity contribution < 1.29 is 22.4 Å². The van der Waals surface area contributed by atoms with Gasteiger partial charge in [0, 0.05) is 17.0 Å². The lowest BCUT2D eigenvalue weighted by Gasteiger charge is -2.09. The topological polar surface area (TPSA) is 103 Å². The van der Waals surface area contributed by atoms with Crippen LogP contribution in [0.5, 0.6) is 0 Å². The third kappa shape index (κ3) is 4.62. The van der Waals surface area contributed by atoms with Gasteiger partial charge in [-0.05, 0) is 29.5 Å². The van der Waals surface area contributed by atoms with Crippen LogP contribution in [0.1, 0.15) is 18.1 Å². The van der Waals surface area contributed by atoms with Crippen molar-refractivity contribution in [3.63, 3.8) is 0 Å². The zero-order valence-corrected chi connectivity index (χ0v) is 16.1. The Morgan fingerprint density at radius 3 is 2.78 bits per heavy atom. The van der Waals surface area contributed by atoms with Crippen molar-refractivity contribution in [3.8, 4) is 0 Å². The van der Waals surface area contributed by atoms with Crippen LogP contribution < -0.4 is 10.3 Å². The normalized spacial score (nSPS) is 11.6. The molecule has 3 rings (SSSR count). The Morgan fingerprint density at radius 1 is 1.26 bits per heavy atom. The fourth-order valence-corrected chi connectivity index (χ4v) is 4.47. The molecule has 142 valence electrons. The van der Waals surface area contributed by atoms with E-state index in [-0.39, 0.29) is 10.8 Å². The Kier molecular flexibility index (Phi) is 5.73. The van der Waals surface area contributed by atoms with E-state index in [1.54, 1.807) is 23.6 Å². The van der Waals surface area contributed by atoms with Crippen LogP contribution in [0.4, 0.5) is 0 Å². The highest BCUT2D eigenvalue weighted by molar-refractivity contribution is 7.91. The maximum atomic E-state index is 12.0. The second kappa shape index (κ2) is 8.03. The number of sulfonamides is 1. The number of hydrogen-bond donors (Lipinski definition) is 1. The molecule has 0 aliphatic carbocycles. The van der Waals surface area contributed by atoms with E-state index in [1.807, 2.05) is 13.0 Å². The number of carbonyl (C=O) groups is 1. The van der Waals surface area contributed by atoms with Crippen molar-refractivity contribution >= 4 is 38.3 Å². The highest BCUT2D eigenvalue weighted by Crippen LogP contribution is 2.20. The minimum Gasteiger partial charge on any atom is -0.460 e. The van der Waals surface area contributed by atoms with E-state index in [1.165, 1.54) is 12.1 Å². The van der Waals surface area contributed by atoms with Gasteiger partial charge in [-0.3, -0.25) is 4.79 Å². The van der Waals surface area contributed by atoms with Gasteiger partial charge < -0.3 is 9.15 Å². The summed E-state index contributed by atoms with van der Waals surface area (Å²) in [4.78, 5) is 23.6. The van der Waals surface area contributed by atoms with Crippen LogP contribution in [0.2, 0.25) is 0 Å². The van der Waals surface area contributed by atoms with Gasteiger partial charge in [0.2, 0.25) is 0 Å². The van der Waals surface area contributed by atoms with E-state index in [4.69, 9.17) is 9.15 Å². The van der Waals surface area contributed by atoms with Crippen molar-refractivity contribution in [3.05, 3.63) is 63.3 Å². The number of fused-ring (bicyclic) bond motifs is 1. The average Bonchev–Trinajstić information content (AvgIpc) is 3.19. The summed E-state index contributed by atoms with van der Waals surface area (Å²) in [5, 5.41) is 2.29. The largest absolute Gasteiger partial charge is 0.460 e. The maximum Gasteiger partial charge on any atom is 0.336 e. The van der Waals surface area contributed by atoms with E-state index in [0.717, 1.165) is 23.3 Å². The maximum absolute atomic E-state index is 12.0. The first-order valence-electron chi connectivity index (χ1n) is 8.13. The van der Waals surface area contributed by atoms with Crippen LogP contribution in [-0.4, -0.2) is 20.9 Å². The SMILES string of the molecule is CCc1ccc2c(COC(=O)CNS(=O)(=O)c3cccs3)cc(=O)oc2c1. The molecule has 0 aliphatic rings. The summed E-state index contributed by atoms with van der Waals surface area (Å²) in [6.45, 7) is 1.33. The van der Waals surface area contributed by atoms with Gasteiger partial charge in [-0.1, -0.05) is 25.1 Å². The van der Waals surface area contributed by atoms with Crippen molar-refractivity contribution in [1.82, 2.24) is 4.72 Å². The van der Waals surface area contributed by atoms with Gasteiger partial charge in [0.15, 0.2) is 0 Å². The number of aryl methyl sites for hydroxylation is 1. The summed E-state index contributed by atoms with van der Waals surface area (Å²) in [6.07, 6.45) is 0.795. The summed E-state index contributed by atoms with van der Waals surface area (Å²) < 4.78 is 36.6. The standard InChI is InChI=1S/C18H17NO6S2/c1-2-12-5-6-14-13(9-16(20)25-15(14)8-12)11-24-17(21)10-19-27(22,23)18-4-3-7-26-18/h3-9,19H,2,10-11H2,1H3. The predicted molar refractivity (Wildman–Crippen MR) is 101 cm³/mol. The average molecular weight is 407 g/mol. The molecular weight excluding hydrogens is 390 g/mol. The third-order valence-corrected chi connectivity index (χ3v) is 6.66. The van der Waals surface area contributed by atoms with Gasteiger partial charge in [-0.15, -0.1) is 11.3 Å². The van der Waals surface area contributed by atoms with Gasteiger partial charge in [0.05, 0.1) is 0 Å². The van der Waals surface area contributed by atoms with Crippen LogP contribution in [0, 0.1) is 0 Å². The second-order valence-electron chi connectivity index (χ2n) is 5.69. The first-order chi connectivity index (χ1) is 12.9. The summed E-state index contributed by atoms with van der Waals surface area (Å²) in [5.74, 6) is -0.748. The quantitative estimate of drug-likeness (QED) is 0.477. The van der Waals surface area contributed by atoms with Crippen LogP contribution in [0.3, 0.4) is 0 Å². The molecule has 2 aromatic heterocycles. The molecular formula is C18H17NO6S2. The molecule has 0 saturated heterocycles. The molecule has 3 aromatic rings. The molecule has 0 unspecified atom stereocenters. The molecule has 0 spiro atoms. The van der Waals surface area contributed by atoms with E-state index < -0.39 is 28.2 Å². The van der Waals surface area contributed by atoms with Gasteiger partial charge in [-0.2, -0.15) is 4.72 Å². The minimum atomic E-state index is -3.74. The van der Waals surface area contributed by atoms with E-state index in [0.29, 0.717) is 16.5 Å². The van der Waals surface area contributed by atoms with E-state index in [2.05, 4.69) is 4.72 Å². The lowest BCUT2D eigenvalue weighted by Crippen LogP contribution is -2.30. The Balaban J connectivity index is 1.68. The molecule has 0 aliphatic heterocycles. The molecule has 1 aromatic carbocycles. The summed E-state index contributed by atoms with van der Waals surface area (Å²) in [6, 6.07) is 9.79. The summed E-state index contributed by atoms with van der Waals surface area (Å²) in [7, 11) is -3.74. The summed E-state index contributed by atoms with van der Waals surface area (Å²) >= 11 is 1.05. The van der Waals surface area contributed by atoms with E-state index >= 15 is 0 Å². The van der Waals surface area contributed by atoms with E-state index in [9.17, 15) is 18.0 Å². The number of thiophene rings is 1. The molecule has 7 nitrogen and oxygen atoms in total. The van der Waals surface area contributed by atoms with Gasteiger partial charge in [0.25, 0.3) is 10.0 Å². The number of nitrogens with one attached hydrogen (secondary N) is 1. The minimum absolute atomic E-state index is 0.119. The molecule has 2 heterocycles. The van der Waals surface area contributed by atoms with Crippen LogP contribution in [0.15, 0.2) is 55.2 Å². The molecule has 0 amide bonds. The fourth-order valence-electron chi connectivity index (χ4n) is 2.46. The Hall–Kier alpha value is -2.49. The Bertz CT molecular complexity index is 1120. The molecule has 27 heavy (non-hydrogen) atoms. The van der Waals surface area contributed by atoms with Gasteiger partial charge in [-0.25, -0.2) is 13.2 Å². The zero-order valence-electron chi connectivity index (χ0n) is 14.4. The monoisotopic (exact) mass is 407 g/mol. The molecule has 1 N–H and O–H groups in total. The van der Waals surface area contributed by atoms with Crippen LogP contribution in [-0.2, 0) is 32.6 Å². The molecule has 0 saturated carbocycles.